The van der Waals surface area contributed by atoms with Gasteiger partial charge in [0.1, 0.15) is 28.2 Å². The molecule has 0 radical (unpaired) electrons. The topological polar surface area (TPSA) is 85.9 Å². The van der Waals surface area contributed by atoms with Crippen LogP contribution in [0.3, 0.4) is 0 Å². The predicted molar refractivity (Wildman–Crippen MR) is 166 cm³/mol. The van der Waals surface area contributed by atoms with Crippen molar-refractivity contribution in [2.75, 3.05) is 23.2 Å². The first-order chi connectivity index (χ1) is 19.7. The Morgan fingerprint density at radius 3 is 2.10 bits per heavy atom. The Morgan fingerprint density at radius 2 is 1.46 bits per heavy atom. The molecule has 0 aliphatic carbocycles. The van der Waals surface area contributed by atoms with Crippen LogP contribution in [-0.4, -0.2) is 23.9 Å². The number of hydrogen-bond acceptors (Lipinski definition) is 7. The maximum atomic E-state index is 13.0. The van der Waals surface area contributed by atoms with Crippen LogP contribution in [-0.2, 0) is 15.7 Å². The number of hydrogen-bond donors (Lipinski definition) is 2. The van der Waals surface area contributed by atoms with Crippen molar-refractivity contribution in [3.63, 3.8) is 0 Å². The molecule has 0 aliphatic rings. The minimum Gasteiger partial charge on any atom is -0.491 e. The summed E-state index contributed by atoms with van der Waals surface area (Å²) >= 11 is 1.40. The summed E-state index contributed by atoms with van der Waals surface area (Å²) in [6, 6.07) is 26.1. The SMILES string of the molecule is COC(=O)c1cc(Oc2ccc(NS(=O)c3ccc(C)cc3)c(OCC(C)C)c2)ccc1NSc1ccc(C)cc1. The molecule has 4 rings (SSSR count). The van der Waals surface area contributed by atoms with Gasteiger partial charge in [0.05, 0.1) is 35.6 Å². The van der Waals surface area contributed by atoms with Gasteiger partial charge in [0.2, 0.25) is 0 Å². The average molecular weight is 591 g/mol. The molecule has 4 aromatic rings. The van der Waals surface area contributed by atoms with Crippen LogP contribution in [0.1, 0.15) is 35.3 Å². The number of benzene rings is 4. The minimum absolute atomic E-state index is 0.287. The van der Waals surface area contributed by atoms with E-state index in [2.05, 4.69) is 23.3 Å². The molecule has 0 heterocycles. The zero-order valence-electron chi connectivity index (χ0n) is 23.7. The third-order valence-corrected chi connectivity index (χ3v) is 7.83. The Labute approximate surface area is 248 Å². The van der Waals surface area contributed by atoms with E-state index in [9.17, 15) is 9.00 Å². The van der Waals surface area contributed by atoms with Crippen LogP contribution in [0, 0.1) is 19.8 Å². The molecule has 1 unspecified atom stereocenters. The molecule has 9 heteroatoms. The lowest BCUT2D eigenvalue weighted by atomic mass is 10.1. The molecular formula is C32H34N2O5S2. The van der Waals surface area contributed by atoms with Crippen LogP contribution in [0.4, 0.5) is 11.4 Å². The van der Waals surface area contributed by atoms with E-state index in [4.69, 9.17) is 14.2 Å². The summed E-state index contributed by atoms with van der Waals surface area (Å²) in [6.45, 7) is 8.60. The van der Waals surface area contributed by atoms with Crippen LogP contribution in [0.15, 0.2) is 94.7 Å². The molecular weight excluding hydrogens is 556 g/mol. The molecule has 0 aliphatic heterocycles. The Hall–Kier alpha value is -3.95. The smallest absolute Gasteiger partial charge is 0.340 e. The fraction of sp³-hybridized carbons (Fsp3) is 0.219. The monoisotopic (exact) mass is 590 g/mol. The van der Waals surface area contributed by atoms with E-state index in [0.717, 1.165) is 10.5 Å². The summed E-state index contributed by atoms with van der Waals surface area (Å²) in [6.07, 6.45) is 0. The third-order valence-electron chi connectivity index (χ3n) is 5.89. The van der Waals surface area contributed by atoms with E-state index in [1.54, 1.807) is 36.4 Å². The molecule has 2 N–H and O–H groups in total. The number of aryl methyl sites for hydroxylation is 2. The normalized spacial score (nSPS) is 11.6. The fourth-order valence-electron chi connectivity index (χ4n) is 3.66. The van der Waals surface area contributed by atoms with Gasteiger partial charge in [-0.2, -0.15) is 0 Å². The van der Waals surface area contributed by atoms with Crippen LogP contribution in [0.5, 0.6) is 17.2 Å². The first-order valence-electron chi connectivity index (χ1n) is 13.1. The second-order valence-corrected chi connectivity index (χ2v) is 12.0. The Morgan fingerprint density at radius 1 is 0.854 bits per heavy atom. The number of ether oxygens (including phenoxy) is 3. The van der Waals surface area contributed by atoms with Gasteiger partial charge < -0.3 is 18.9 Å². The largest absolute Gasteiger partial charge is 0.491 e. The standard InChI is InChI=1S/C32H34N2O5S2/c1-21(2)20-38-31-19-25(11-17-30(31)34-41(36)27-14-8-23(4)9-15-27)39-24-10-16-29(28(18-24)32(35)37-5)33-40-26-12-6-22(3)7-13-26/h6-19,21,33-34H,20H2,1-5H3. The predicted octanol–water partition coefficient (Wildman–Crippen LogP) is 8.17. The van der Waals surface area contributed by atoms with Crippen molar-refractivity contribution >= 4 is 40.3 Å². The number of carbonyl (C=O) groups is 1. The van der Waals surface area contributed by atoms with E-state index < -0.39 is 17.0 Å². The molecule has 0 fully saturated rings. The Kier molecular flexibility index (Phi) is 10.3. The van der Waals surface area contributed by atoms with Gasteiger partial charge in [-0.15, -0.1) is 0 Å². The van der Waals surface area contributed by atoms with Gasteiger partial charge in [0, 0.05) is 11.0 Å². The molecule has 0 spiro atoms. The highest BCUT2D eigenvalue weighted by Gasteiger charge is 2.16. The van der Waals surface area contributed by atoms with E-state index in [1.807, 2.05) is 62.4 Å². The Bertz CT molecular complexity index is 1510. The number of nitrogens with one attached hydrogen (secondary N) is 2. The molecule has 0 bridgehead atoms. The van der Waals surface area contributed by atoms with Crippen LogP contribution in [0.2, 0.25) is 0 Å². The van der Waals surface area contributed by atoms with Crippen molar-refractivity contribution in [2.45, 2.75) is 37.5 Å². The number of rotatable bonds is 12. The molecule has 0 saturated heterocycles. The second kappa shape index (κ2) is 14.1. The van der Waals surface area contributed by atoms with Gasteiger partial charge in [0.15, 0.2) is 0 Å². The second-order valence-electron chi connectivity index (χ2n) is 9.86. The summed E-state index contributed by atoms with van der Waals surface area (Å²) < 4.78 is 36.5. The van der Waals surface area contributed by atoms with Gasteiger partial charge in [-0.05, 0) is 86.3 Å². The molecule has 41 heavy (non-hydrogen) atoms. The molecule has 1 atom stereocenters. The fourth-order valence-corrected chi connectivity index (χ4v) is 5.21. The van der Waals surface area contributed by atoms with E-state index in [0.29, 0.717) is 45.7 Å². The van der Waals surface area contributed by atoms with Gasteiger partial charge in [0.25, 0.3) is 0 Å². The number of carbonyl (C=O) groups excluding carboxylic acids is 1. The Balaban J connectivity index is 1.54. The molecule has 4 aromatic carbocycles. The first-order valence-corrected chi connectivity index (χ1v) is 15.1. The summed E-state index contributed by atoms with van der Waals surface area (Å²) in [5.41, 5.74) is 3.80. The van der Waals surface area contributed by atoms with Crippen LogP contribution in [0.25, 0.3) is 0 Å². The molecule has 0 aromatic heterocycles. The van der Waals surface area contributed by atoms with Gasteiger partial charge in [-0.3, -0.25) is 4.72 Å². The van der Waals surface area contributed by atoms with Crippen molar-refractivity contribution in [1.82, 2.24) is 0 Å². The molecule has 0 saturated carbocycles. The highest BCUT2D eigenvalue weighted by molar-refractivity contribution is 8.00. The lowest BCUT2D eigenvalue weighted by Gasteiger charge is -2.17. The summed E-state index contributed by atoms with van der Waals surface area (Å²) in [4.78, 5) is 14.3. The van der Waals surface area contributed by atoms with Gasteiger partial charge >= 0.3 is 5.97 Å². The van der Waals surface area contributed by atoms with Crippen molar-refractivity contribution in [2.24, 2.45) is 5.92 Å². The highest BCUT2D eigenvalue weighted by atomic mass is 32.2. The van der Waals surface area contributed by atoms with Crippen LogP contribution < -0.4 is 18.9 Å². The quantitative estimate of drug-likeness (QED) is 0.127. The zero-order chi connectivity index (χ0) is 29.4. The zero-order valence-corrected chi connectivity index (χ0v) is 25.4. The van der Waals surface area contributed by atoms with Gasteiger partial charge in [-0.1, -0.05) is 49.2 Å². The summed E-state index contributed by atoms with van der Waals surface area (Å²) in [5, 5.41) is 0. The van der Waals surface area contributed by atoms with Crippen molar-refractivity contribution in [3.05, 3.63) is 102 Å². The van der Waals surface area contributed by atoms with Crippen molar-refractivity contribution in [1.29, 1.82) is 0 Å². The van der Waals surface area contributed by atoms with Crippen molar-refractivity contribution < 1.29 is 23.2 Å². The lowest BCUT2D eigenvalue weighted by molar-refractivity contribution is 0.0601. The lowest BCUT2D eigenvalue weighted by Crippen LogP contribution is -2.09. The summed E-state index contributed by atoms with van der Waals surface area (Å²) in [7, 11) is -0.128. The maximum Gasteiger partial charge on any atom is 0.340 e. The van der Waals surface area contributed by atoms with E-state index in [-0.39, 0.29) is 5.92 Å². The summed E-state index contributed by atoms with van der Waals surface area (Å²) in [5.74, 6) is 1.27. The third kappa shape index (κ3) is 8.52. The van der Waals surface area contributed by atoms with Gasteiger partial charge in [-0.25, -0.2) is 9.00 Å². The minimum atomic E-state index is -1.47. The number of methoxy groups -OCH3 is 1. The van der Waals surface area contributed by atoms with Crippen LogP contribution >= 0.6 is 11.9 Å². The van der Waals surface area contributed by atoms with E-state index in [1.165, 1.54) is 24.6 Å². The molecule has 7 nitrogen and oxygen atoms in total. The maximum absolute atomic E-state index is 13.0. The first kappa shape index (κ1) is 30.0. The number of anilines is 2. The van der Waals surface area contributed by atoms with E-state index >= 15 is 0 Å². The highest BCUT2D eigenvalue weighted by Crippen LogP contribution is 2.35. The molecule has 0 amide bonds. The van der Waals surface area contributed by atoms with Crippen molar-refractivity contribution in [3.8, 4) is 17.2 Å². The average Bonchev–Trinajstić information content (AvgIpc) is 2.97. The molecule has 214 valence electrons. The number of esters is 1.